The Hall–Kier alpha value is -1.57. The van der Waals surface area contributed by atoms with Crippen LogP contribution in [0, 0.1) is 17.1 Å². The molecule has 0 saturated heterocycles. The van der Waals surface area contributed by atoms with Crippen molar-refractivity contribution < 1.29 is 4.39 Å². The number of nitrogens with zero attached hydrogens (tertiary/aromatic N) is 1. The van der Waals surface area contributed by atoms with E-state index in [-0.39, 0.29) is 5.69 Å². The zero-order valence-electron chi connectivity index (χ0n) is 9.70. The number of para-hydroxylation sites is 1. The molecular weight excluding hydrogens is 331 g/mol. The molecule has 0 fully saturated rings. The first kappa shape index (κ1) is 13.9. The third-order valence-corrected chi connectivity index (χ3v) is 3.53. The summed E-state index contributed by atoms with van der Waals surface area (Å²) in [4.78, 5) is 0. The predicted molar refractivity (Wildman–Crippen MR) is 77.5 cm³/mol. The number of benzene rings is 2. The van der Waals surface area contributed by atoms with E-state index in [1.807, 2.05) is 0 Å². The summed E-state index contributed by atoms with van der Waals surface area (Å²) < 4.78 is 14.3. The van der Waals surface area contributed by atoms with Crippen LogP contribution in [-0.4, -0.2) is 0 Å². The molecule has 0 spiro atoms. The van der Waals surface area contributed by atoms with E-state index in [0.29, 0.717) is 10.6 Å². The lowest BCUT2D eigenvalue weighted by molar-refractivity contribution is 0.629. The third-order valence-electron chi connectivity index (χ3n) is 2.57. The second kappa shape index (κ2) is 6.05. The first-order valence-electron chi connectivity index (χ1n) is 5.47. The Kier molecular flexibility index (Phi) is 4.41. The van der Waals surface area contributed by atoms with Gasteiger partial charge in [0.1, 0.15) is 11.9 Å². The number of nitriles is 1. The average Bonchev–Trinajstić information content (AvgIpc) is 2.41. The summed E-state index contributed by atoms with van der Waals surface area (Å²) in [6, 6.07) is 12.8. The van der Waals surface area contributed by atoms with Crippen LogP contribution in [0.15, 0.2) is 46.9 Å². The molecule has 0 aliphatic rings. The van der Waals surface area contributed by atoms with Crippen LogP contribution < -0.4 is 5.32 Å². The minimum Gasteiger partial charge on any atom is -0.364 e. The Labute approximate surface area is 123 Å². The highest BCUT2D eigenvalue weighted by Gasteiger charge is 2.15. The largest absolute Gasteiger partial charge is 0.364 e. The van der Waals surface area contributed by atoms with Crippen LogP contribution in [-0.2, 0) is 0 Å². The SMILES string of the molecule is N#CC(Nc1ccccc1F)c1cc(Cl)ccc1Br. The molecule has 0 amide bonds. The zero-order valence-corrected chi connectivity index (χ0v) is 12.0. The molecule has 2 aromatic rings. The predicted octanol–water partition coefficient (Wildman–Crippen LogP) is 4.92. The molecule has 1 N–H and O–H groups in total. The first-order valence-corrected chi connectivity index (χ1v) is 6.64. The van der Waals surface area contributed by atoms with E-state index < -0.39 is 11.9 Å². The van der Waals surface area contributed by atoms with Crippen molar-refractivity contribution in [3.8, 4) is 6.07 Å². The molecule has 0 radical (unpaired) electrons. The Morgan fingerprint density at radius 1 is 1.26 bits per heavy atom. The molecule has 1 unspecified atom stereocenters. The van der Waals surface area contributed by atoms with Crippen molar-refractivity contribution in [3.63, 3.8) is 0 Å². The number of anilines is 1. The van der Waals surface area contributed by atoms with Crippen molar-refractivity contribution in [1.29, 1.82) is 5.26 Å². The zero-order chi connectivity index (χ0) is 13.8. The minimum atomic E-state index is -0.690. The van der Waals surface area contributed by atoms with Crippen LogP contribution >= 0.6 is 27.5 Å². The minimum absolute atomic E-state index is 0.279. The second-order valence-corrected chi connectivity index (χ2v) is 5.14. The summed E-state index contributed by atoms with van der Waals surface area (Å²) in [7, 11) is 0. The highest BCUT2D eigenvalue weighted by atomic mass is 79.9. The van der Waals surface area contributed by atoms with Crippen LogP contribution in [0.2, 0.25) is 5.02 Å². The first-order chi connectivity index (χ1) is 9.11. The van der Waals surface area contributed by atoms with Gasteiger partial charge < -0.3 is 5.32 Å². The monoisotopic (exact) mass is 338 g/mol. The lowest BCUT2D eigenvalue weighted by Crippen LogP contribution is -2.10. The van der Waals surface area contributed by atoms with Gasteiger partial charge in [-0.25, -0.2) is 4.39 Å². The molecule has 0 bridgehead atoms. The Bertz CT molecular complexity index is 640. The van der Waals surface area contributed by atoms with E-state index >= 15 is 0 Å². The van der Waals surface area contributed by atoms with E-state index in [4.69, 9.17) is 11.6 Å². The molecule has 0 heterocycles. The van der Waals surface area contributed by atoms with E-state index in [0.717, 1.165) is 4.47 Å². The highest BCUT2D eigenvalue weighted by molar-refractivity contribution is 9.10. The van der Waals surface area contributed by atoms with E-state index in [1.54, 1.807) is 36.4 Å². The van der Waals surface area contributed by atoms with Gasteiger partial charge in [0.15, 0.2) is 0 Å². The fourth-order valence-electron chi connectivity index (χ4n) is 1.65. The summed E-state index contributed by atoms with van der Waals surface area (Å²) in [6.45, 7) is 0. The van der Waals surface area contributed by atoms with Gasteiger partial charge in [-0.3, -0.25) is 0 Å². The molecule has 2 nitrogen and oxygen atoms in total. The number of hydrogen-bond donors (Lipinski definition) is 1. The molecule has 0 aliphatic carbocycles. The van der Waals surface area contributed by atoms with Crippen molar-refractivity contribution >= 4 is 33.2 Å². The summed E-state index contributed by atoms with van der Waals surface area (Å²) in [5, 5.41) is 12.6. The fourth-order valence-corrected chi connectivity index (χ4v) is 2.31. The summed E-state index contributed by atoms with van der Waals surface area (Å²) in [5.74, 6) is -0.402. The molecular formula is C14H9BrClFN2. The van der Waals surface area contributed by atoms with Crippen LogP contribution in [0.25, 0.3) is 0 Å². The van der Waals surface area contributed by atoms with Gasteiger partial charge in [0.2, 0.25) is 0 Å². The van der Waals surface area contributed by atoms with Crippen molar-refractivity contribution in [2.75, 3.05) is 5.32 Å². The standard InChI is InChI=1S/C14H9BrClFN2/c15-11-6-5-9(16)7-10(11)14(8-18)19-13-4-2-1-3-12(13)17/h1-7,14,19H. The van der Waals surface area contributed by atoms with Crippen LogP contribution in [0.1, 0.15) is 11.6 Å². The normalized spacial score (nSPS) is 11.7. The number of hydrogen-bond acceptors (Lipinski definition) is 2. The number of halogens is 3. The Morgan fingerprint density at radius 3 is 2.68 bits per heavy atom. The van der Waals surface area contributed by atoms with Gasteiger partial charge in [-0.1, -0.05) is 39.7 Å². The fraction of sp³-hybridized carbons (Fsp3) is 0.0714. The van der Waals surface area contributed by atoms with Gasteiger partial charge >= 0.3 is 0 Å². The van der Waals surface area contributed by atoms with Gasteiger partial charge in [0.05, 0.1) is 11.8 Å². The van der Waals surface area contributed by atoms with Crippen molar-refractivity contribution in [2.45, 2.75) is 6.04 Å². The van der Waals surface area contributed by atoms with Crippen molar-refractivity contribution in [3.05, 3.63) is 63.3 Å². The molecule has 5 heteroatoms. The van der Waals surface area contributed by atoms with Gasteiger partial charge in [-0.2, -0.15) is 5.26 Å². The van der Waals surface area contributed by atoms with Crippen molar-refractivity contribution in [2.24, 2.45) is 0 Å². The van der Waals surface area contributed by atoms with Crippen LogP contribution in [0.4, 0.5) is 10.1 Å². The average molecular weight is 340 g/mol. The Morgan fingerprint density at radius 2 is 2.00 bits per heavy atom. The quantitative estimate of drug-likeness (QED) is 0.861. The number of rotatable bonds is 3. The highest BCUT2D eigenvalue weighted by Crippen LogP contribution is 2.29. The lowest BCUT2D eigenvalue weighted by atomic mass is 10.1. The molecule has 0 aliphatic heterocycles. The molecule has 2 rings (SSSR count). The van der Waals surface area contributed by atoms with Crippen molar-refractivity contribution in [1.82, 2.24) is 0 Å². The third kappa shape index (κ3) is 3.25. The van der Waals surface area contributed by atoms with Crippen LogP contribution in [0.3, 0.4) is 0 Å². The van der Waals surface area contributed by atoms with Gasteiger partial charge in [0, 0.05) is 15.1 Å². The molecule has 1 atom stereocenters. The van der Waals surface area contributed by atoms with Gasteiger partial charge in [-0.15, -0.1) is 0 Å². The summed E-state index contributed by atoms with van der Waals surface area (Å²) in [5.41, 5.74) is 0.944. The van der Waals surface area contributed by atoms with Gasteiger partial charge in [-0.05, 0) is 30.3 Å². The number of nitrogens with one attached hydrogen (secondary N) is 1. The molecule has 96 valence electrons. The maximum absolute atomic E-state index is 13.6. The lowest BCUT2D eigenvalue weighted by Gasteiger charge is -2.15. The smallest absolute Gasteiger partial charge is 0.146 e. The van der Waals surface area contributed by atoms with E-state index in [2.05, 4.69) is 27.3 Å². The second-order valence-electron chi connectivity index (χ2n) is 3.85. The van der Waals surface area contributed by atoms with E-state index in [1.165, 1.54) is 6.07 Å². The topological polar surface area (TPSA) is 35.8 Å². The van der Waals surface area contributed by atoms with Gasteiger partial charge in [0.25, 0.3) is 0 Å². The molecule has 2 aromatic carbocycles. The summed E-state index contributed by atoms with van der Waals surface area (Å²) >= 11 is 9.28. The molecule has 0 aromatic heterocycles. The van der Waals surface area contributed by atoms with Crippen LogP contribution in [0.5, 0.6) is 0 Å². The summed E-state index contributed by atoms with van der Waals surface area (Å²) in [6.07, 6.45) is 0. The molecule has 19 heavy (non-hydrogen) atoms. The molecule has 0 saturated carbocycles. The maximum atomic E-state index is 13.6. The maximum Gasteiger partial charge on any atom is 0.146 e. The Balaban J connectivity index is 2.34. The van der Waals surface area contributed by atoms with E-state index in [9.17, 15) is 9.65 Å².